The van der Waals surface area contributed by atoms with Crippen molar-refractivity contribution in [3.8, 4) is 0 Å². The second-order valence-electron chi connectivity index (χ2n) is 4.76. The van der Waals surface area contributed by atoms with Crippen LogP contribution >= 0.6 is 11.8 Å². The zero-order valence-corrected chi connectivity index (χ0v) is 11.6. The van der Waals surface area contributed by atoms with Crippen LogP contribution in [0, 0.1) is 0 Å². The average Bonchev–Trinajstić information content (AvgIpc) is 2.34. The van der Waals surface area contributed by atoms with Gasteiger partial charge in [-0.2, -0.15) is 11.8 Å². The predicted molar refractivity (Wildman–Crippen MR) is 75.4 cm³/mol. The Balaban J connectivity index is 1.77. The first-order chi connectivity index (χ1) is 7.93. The quantitative estimate of drug-likeness (QED) is 0.610. The highest BCUT2D eigenvalue weighted by atomic mass is 32.2. The Morgan fingerprint density at radius 3 is 2.81 bits per heavy atom. The maximum Gasteiger partial charge on any atom is 0.0192 e. The molecule has 0 saturated carbocycles. The maximum absolute atomic E-state index is 3.58. The highest BCUT2D eigenvalue weighted by Gasteiger charge is 2.10. The Bertz CT molecular complexity index is 147. The number of nitrogens with one attached hydrogen (secondary N) is 2. The fourth-order valence-electron chi connectivity index (χ4n) is 2.22. The van der Waals surface area contributed by atoms with Gasteiger partial charge in [0.05, 0.1) is 0 Å². The molecule has 2 nitrogen and oxygen atoms in total. The Labute approximate surface area is 105 Å². The lowest BCUT2D eigenvalue weighted by molar-refractivity contribution is 0.382. The lowest BCUT2D eigenvalue weighted by Crippen LogP contribution is -2.41. The molecule has 96 valence electrons. The summed E-state index contributed by atoms with van der Waals surface area (Å²) in [5.74, 6) is 1.33. The summed E-state index contributed by atoms with van der Waals surface area (Å²) in [6.07, 6.45) is 11.9. The van der Waals surface area contributed by atoms with Crippen molar-refractivity contribution in [2.75, 3.05) is 31.6 Å². The molecule has 1 saturated heterocycles. The van der Waals surface area contributed by atoms with Crippen molar-refractivity contribution < 1.29 is 0 Å². The van der Waals surface area contributed by atoms with Crippen LogP contribution in [0.1, 0.15) is 44.9 Å². The molecular formula is C13H28N2S. The summed E-state index contributed by atoms with van der Waals surface area (Å²) in [7, 11) is 0. The van der Waals surface area contributed by atoms with Crippen molar-refractivity contribution >= 4 is 11.8 Å². The summed E-state index contributed by atoms with van der Waals surface area (Å²) >= 11 is 1.96. The molecule has 0 aromatic rings. The van der Waals surface area contributed by atoms with Crippen LogP contribution < -0.4 is 10.6 Å². The van der Waals surface area contributed by atoms with Crippen molar-refractivity contribution in [2.45, 2.75) is 51.0 Å². The summed E-state index contributed by atoms with van der Waals surface area (Å²) in [6.45, 7) is 3.60. The predicted octanol–water partition coefficient (Wildman–Crippen LogP) is 2.64. The molecule has 16 heavy (non-hydrogen) atoms. The molecule has 2 N–H and O–H groups in total. The Morgan fingerprint density at radius 2 is 2.06 bits per heavy atom. The second-order valence-corrected chi connectivity index (χ2v) is 5.74. The number of thioether (sulfide) groups is 1. The van der Waals surface area contributed by atoms with Crippen LogP contribution in [0.25, 0.3) is 0 Å². The zero-order valence-electron chi connectivity index (χ0n) is 10.8. The largest absolute Gasteiger partial charge is 0.315 e. The average molecular weight is 244 g/mol. The fourth-order valence-corrected chi connectivity index (χ4v) is 2.72. The summed E-state index contributed by atoms with van der Waals surface area (Å²) in [5.41, 5.74) is 0. The molecule has 1 unspecified atom stereocenters. The van der Waals surface area contributed by atoms with Crippen molar-refractivity contribution in [1.29, 1.82) is 0 Å². The van der Waals surface area contributed by atoms with Crippen molar-refractivity contribution in [1.82, 2.24) is 10.6 Å². The minimum absolute atomic E-state index is 0.741. The normalized spacial score (nSPS) is 21.2. The monoisotopic (exact) mass is 244 g/mol. The Morgan fingerprint density at radius 1 is 1.19 bits per heavy atom. The van der Waals surface area contributed by atoms with E-state index in [1.165, 1.54) is 70.3 Å². The summed E-state index contributed by atoms with van der Waals surface area (Å²) < 4.78 is 0. The van der Waals surface area contributed by atoms with Gasteiger partial charge in [-0.05, 0) is 50.8 Å². The minimum atomic E-state index is 0.741. The molecule has 1 aliphatic heterocycles. The molecule has 3 heteroatoms. The van der Waals surface area contributed by atoms with Crippen molar-refractivity contribution in [3.63, 3.8) is 0 Å². The SMILES string of the molecule is CSCCCCCCNCC1CCCCN1. The molecule has 0 aliphatic carbocycles. The van der Waals surface area contributed by atoms with Crippen LogP contribution in [0.3, 0.4) is 0 Å². The van der Waals surface area contributed by atoms with Gasteiger partial charge in [-0.15, -0.1) is 0 Å². The van der Waals surface area contributed by atoms with E-state index in [-0.39, 0.29) is 0 Å². The van der Waals surface area contributed by atoms with E-state index in [0.29, 0.717) is 0 Å². The van der Waals surface area contributed by atoms with Crippen LogP contribution in [0.15, 0.2) is 0 Å². The van der Waals surface area contributed by atoms with Gasteiger partial charge >= 0.3 is 0 Å². The van der Waals surface area contributed by atoms with Crippen LogP contribution in [-0.4, -0.2) is 37.7 Å². The van der Waals surface area contributed by atoms with Crippen molar-refractivity contribution in [3.05, 3.63) is 0 Å². The maximum atomic E-state index is 3.58. The van der Waals surface area contributed by atoms with Crippen LogP contribution in [-0.2, 0) is 0 Å². The zero-order chi connectivity index (χ0) is 11.5. The van der Waals surface area contributed by atoms with Crippen LogP contribution in [0.5, 0.6) is 0 Å². The van der Waals surface area contributed by atoms with Crippen molar-refractivity contribution in [2.24, 2.45) is 0 Å². The molecule has 1 rings (SSSR count). The summed E-state index contributed by atoms with van der Waals surface area (Å²) in [4.78, 5) is 0. The van der Waals surface area contributed by atoms with Crippen LogP contribution in [0.2, 0.25) is 0 Å². The van der Waals surface area contributed by atoms with E-state index in [1.54, 1.807) is 0 Å². The summed E-state index contributed by atoms with van der Waals surface area (Å²) in [5, 5.41) is 7.15. The summed E-state index contributed by atoms with van der Waals surface area (Å²) in [6, 6.07) is 0.741. The van der Waals surface area contributed by atoms with E-state index in [1.807, 2.05) is 11.8 Å². The Kier molecular flexibility index (Phi) is 9.34. The third-order valence-electron chi connectivity index (χ3n) is 3.26. The third-order valence-corrected chi connectivity index (χ3v) is 3.95. The molecule has 0 aromatic carbocycles. The highest BCUT2D eigenvalue weighted by Crippen LogP contribution is 2.06. The van der Waals surface area contributed by atoms with E-state index in [9.17, 15) is 0 Å². The molecule has 1 heterocycles. The number of rotatable bonds is 9. The molecular weight excluding hydrogens is 216 g/mol. The van der Waals surface area contributed by atoms with Gasteiger partial charge in [-0.1, -0.05) is 19.3 Å². The number of hydrogen-bond donors (Lipinski definition) is 2. The van der Waals surface area contributed by atoms with E-state index in [2.05, 4.69) is 16.9 Å². The van der Waals surface area contributed by atoms with Gasteiger partial charge in [-0.25, -0.2) is 0 Å². The van der Waals surface area contributed by atoms with Gasteiger partial charge in [0.25, 0.3) is 0 Å². The smallest absolute Gasteiger partial charge is 0.0192 e. The van der Waals surface area contributed by atoms with Crippen LogP contribution in [0.4, 0.5) is 0 Å². The molecule has 0 radical (unpaired) electrons. The van der Waals surface area contributed by atoms with Gasteiger partial charge in [0.1, 0.15) is 0 Å². The molecule has 0 bridgehead atoms. The number of hydrogen-bond acceptors (Lipinski definition) is 3. The molecule has 1 fully saturated rings. The van der Waals surface area contributed by atoms with E-state index in [0.717, 1.165) is 6.04 Å². The molecule has 0 amide bonds. The number of unbranched alkanes of at least 4 members (excludes halogenated alkanes) is 3. The fraction of sp³-hybridized carbons (Fsp3) is 1.00. The van der Waals surface area contributed by atoms with E-state index in [4.69, 9.17) is 0 Å². The lowest BCUT2D eigenvalue weighted by Gasteiger charge is -2.23. The van der Waals surface area contributed by atoms with Gasteiger partial charge in [0.2, 0.25) is 0 Å². The first-order valence-electron chi connectivity index (χ1n) is 6.86. The molecule has 0 spiro atoms. The molecule has 1 aliphatic rings. The first-order valence-corrected chi connectivity index (χ1v) is 8.26. The topological polar surface area (TPSA) is 24.1 Å². The Hall–Kier alpha value is 0.270. The van der Waals surface area contributed by atoms with Gasteiger partial charge in [0, 0.05) is 12.6 Å². The van der Waals surface area contributed by atoms with Gasteiger partial charge in [0.15, 0.2) is 0 Å². The van der Waals surface area contributed by atoms with E-state index < -0.39 is 0 Å². The first kappa shape index (κ1) is 14.3. The second kappa shape index (κ2) is 10.4. The third kappa shape index (κ3) is 7.53. The standard InChI is InChI=1S/C13H28N2S/c1-16-11-7-3-2-5-9-14-12-13-8-4-6-10-15-13/h13-15H,2-12H2,1H3. The van der Waals surface area contributed by atoms with Gasteiger partial charge < -0.3 is 10.6 Å². The highest BCUT2D eigenvalue weighted by molar-refractivity contribution is 7.98. The van der Waals surface area contributed by atoms with Gasteiger partial charge in [-0.3, -0.25) is 0 Å². The number of piperidine rings is 1. The lowest BCUT2D eigenvalue weighted by atomic mass is 10.1. The minimum Gasteiger partial charge on any atom is -0.315 e. The molecule has 0 aromatic heterocycles. The van der Waals surface area contributed by atoms with E-state index >= 15 is 0 Å². The molecule has 1 atom stereocenters.